The summed E-state index contributed by atoms with van der Waals surface area (Å²) in [4.78, 5) is 34.7. The number of esters is 2. The predicted octanol–water partition coefficient (Wildman–Crippen LogP) is 3.27. The normalized spacial score (nSPS) is 26.0. The molecule has 7 heteroatoms. The number of aromatic carboxylic acids is 1. The van der Waals surface area contributed by atoms with E-state index in [1.54, 1.807) is 12.1 Å². The van der Waals surface area contributed by atoms with Gasteiger partial charge in [0, 0.05) is 26.2 Å². The zero-order valence-electron chi connectivity index (χ0n) is 16.1. The third-order valence-electron chi connectivity index (χ3n) is 5.54. The maximum absolute atomic E-state index is 11.8. The first-order valence-corrected chi connectivity index (χ1v) is 9.69. The zero-order valence-corrected chi connectivity index (χ0v) is 16.1. The molecule has 1 N–H and O–H groups in total. The number of carbonyl (C=O) groups excluding carboxylic acids is 2. The van der Waals surface area contributed by atoms with E-state index in [9.17, 15) is 19.5 Å². The highest BCUT2D eigenvalue weighted by Crippen LogP contribution is 2.45. The second kappa shape index (κ2) is 8.73. The van der Waals surface area contributed by atoms with Gasteiger partial charge in [-0.1, -0.05) is 31.0 Å². The Kier molecular flexibility index (Phi) is 6.34. The Labute approximate surface area is 164 Å². The Morgan fingerprint density at radius 1 is 1.07 bits per heavy atom. The highest BCUT2D eigenvalue weighted by atomic mass is 16.7. The third-order valence-corrected chi connectivity index (χ3v) is 5.54. The van der Waals surface area contributed by atoms with Crippen molar-refractivity contribution in [3.05, 3.63) is 35.4 Å². The van der Waals surface area contributed by atoms with Crippen molar-refractivity contribution >= 4 is 17.9 Å². The van der Waals surface area contributed by atoms with E-state index in [-0.39, 0.29) is 17.4 Å². The van der Waals surface area contributed by atoms with Gasteiger partial charge in [0.1, 0.15) is 0 Å². The van der Waals surface area contributed by atoms with E-state index in [0.717, 1.165) is 31.2 Å². The lowest BCUT2D eigenvalue weighted by Gasteiger charge is -2.30. The van der Waals surface area contributed by atoms with Crippen LogP contribution in [0.5, 0.6) is 0 Å². The molecular formula is C21H26O7. The largest absolute Gasteiger partial charge is 0.478 e. The molecule has 1 aliphatic carbocycles. The first-order valence-electron chi connectivity index (χ1n) is 9.69. The second-order valence-electron chi connectivity index (χ2n) is 7.50. The van der Waals surface area contributed by atoms with Gasteiger partial charge in [-0.05, 0) is 30.4 Å². The van der Waals surface area contributed by atoms with Crippen molar-refractivity contribution in [2.24, 2.45) is 5.92 Å². The number of hydrogen-bond donors (Lipinski definition) is 1. The fourth-order valence-corrected chi connectivity index (χ4v) is 4.53. The van der Waals surface area contributed by atoms with Crippen LogP contribution in [0.3, 0.4) is 0 Å². The lowest BCUT2D eigenvalue weighted by Crippen LogP contribution is -2.30. The van der Waals surface area contributed by atoms with Crippen LogP contribution < -0.4 is 0 Å². The number of carboxylic acid groups (broad SMARTS) is 1. The van der Waals surface area contributed by atoms with Crippen molar-refractivity contribution < 1.29 is 33.7 Å². The smallest absolute Gasteiger partial charge is 0.335 e. The highest BCUT2D eigenvalue weighted by Gasteiger charge is 2.46. The summed E-state index contributed by atoms with van der Waals surface area (Å²) in [6.45, 7) is 2.57. The number of ether oxygens (including phenoxy) is 3. The van der Waals surface area contributed by atoms with Crippen LogP contribution in [-0.4, -0.2) is 41.5 Å². The highest BCUT2D eigenvalue weighted by molar-refractivity contribution is 5.89. The Balaban J connectivity index is 1.94. The van der Waals surface area contributed by atoms with Gasteiger partial charge in [0.25, 0.3) is 0 Å². The molecule has 28 heavy (non-hydrogen) atoms. The van der Waals surface area contributed by atoms with Crippen molar-refractivity contribution in [3.63, 3.8) is 0 Å². The summed E-state index contributed by atoms with van der Waals surface area (Å²) in [5.74, 6) is -1.89. The molecule has 0 aromatic heterocycles. The zero-order chi connectivity index (χ0) is 20.3. The summed E-state index contributed by atoms with van der Waals surface area (Å²) in [5.41, 5.74) is 0.972. The quantitative estimate of drug-likeness (QED) is 0.744. The van der Waals surface area contributed by atoms with Gasteiger partial charge in [-0.25, -0.2) is 4.79 Å². The van der Waals surface area contributed by atoms with E-state index in [1.807, 2.05) is 12.1 Å². The topological polar surface area (TPSA) is 99.1 Å². The number of rotatable bonds is 6. The van der Waals surface area contributed by atoms with E-state index in [0.29, 0.717) is 6.42 Å². The Hall–Kier alpha value is -2.41. The monoisotopic (exact) mass is 390 g/mol. The van der Waals surface area contributed by atoms with Crippen LogP contribution in [0.4, 0.5) is 0 Å². The molecule has 1 saturated heterocycles. The molecule has 152 valence electrons. The molecule has 1 aliphatic heterocycles. The Morgan fingerprint density at radius 3 is 2.32 bits per heavy atom. The number of hydrogen-bond acceptors (Lipinski definition) is 6. The molecule has 7 nitrogen and oxygen atoms in total. The van der Waals surface area contributed by atoms with Gasteiger partial charge in [-0.15, -0.1) is 0 Å². The molecular weight excluding hydrogens is 364 g/mol. The minimum Gasteiger partial charge on any atom is -0.478 e. The van der Waals surface area contributed by atoms with Gasteiger partial charge in [-0.3, -0.25) is 9.59 Å². The molecule has 2 unspecified atom stereocenters. The van der Waals surface area contributed by atoms with Crippen molar-refractivity contribution in [2.45, 2.75) is 70.4 Å². The van der Waals surface area contributed by atoms with Crippen LogP contribution in [-0.2, 0) is 23.8 Å². The predicted molar refractivity (Wildman–Crippen MR) is 98.7 cm³/mol. The van der Waals surface area contributed by atoms with E-state index >= 15 is 0 Å². The van der Waals surface area contributed by atoms with E-state index in [4.69, 9.17) is 14.2 Å². The van der Waals surface area contributed by atoms with Crippen LogP contribution in [0.25, 0.3) is 0 Å². The van der Waals surface area contributed by atoms with Gasteiger partial charge in [0.2, 0.25) is 6.29 Å². The van der Waals surface area contributed by atoms with E-state index < -0.39 is 36.4 Å². The van der Waals surface area contributed by atoms with Crippen LogP contribution in [0, 0.1) is 5.92 Å². The number of benzene rings is 1. The maximum Gasteiger partial charge on any atom is 0.335 e. The molecule has 4 atom stereocenters. The van der Waals surface area contributed by atoms with Gasteiger partial charge in [0.05, 0.1) is 11.7 Å². The number of carboxylic acids is 1. The summed E-state index contributed by atoms with van der Waals surface area (Å²) >= 11 is 0. The summed E-state index contributed by atoms with van der Waals surface area (Å²) < 4.78 is 16.6. The molecule has 1 aromatic rings. The first-order chi connectivity index (χ1) is 13.4. The second-order valence-corrected chi connectivity index (χ2v) is 7.50. The van der Waals surface area contributed by atoms with Crippen LogP contribution in [0.15, 0.2) is 24.3 Å². The van der Waals surface area contributed by atoms with Crippen molar-refractivity contribution in [3.8, 4) is 0 Å². The van der Waals surface area contributed by atoms with Crippen molar-refractivity contribution in [2.75, 3.05) is 0 Å². The molecule has 3 rings (SSSR count). The fraction of sp³-hybridized carbons (Fsp3) is 0.571. The summed E-state index contributed by atoms with van der Waals surface area (Å²) in [7, 11) is 0. The average Bonchev–Trinajstić information content (AvgIpc) is 3.26. The average molecular weight is 390 g/mol. The lowest BCUT2D eigenvalue weighted by atomic mass is 9.78. The SMILES string of the molecule is CC(=O)OC1O[C@H](C(c2ccccc2C(=O)O)C2CCCC2)C[C@H]1OC(C)=O. The molecule has 0 spiro atoms. The summed E-state index contributed by atoms with van der Waals surface area (Å²) in [5, 5.41) is 9.66. The van der Waals surface area contributed by atoms with Gasteiger partial charge in [0.15, 0.2) is 6.10 Å². The molecule has 1 heterocycles. The van der Waals surface area contributed by atoms with E-state index in [2.05, 4.69) is 0 Å². The fourth-order valence-electron chi connectivity index (χ4n) is 4.53. The lowest BCUT2D eigenvalue weighted by molar-refractivity contribution is -0.195. The Morgan fingerprint density at radius 2 is 1.71 bits per heavy atom. The molecule has 0 bridgehead atoms. The molecule has 0 radical (unpaired) electrons. The molecule has 0 amide bonds. The van der Waals surface area contributed by atoms with Crippen LogP contribution in [0.1, 0.15) is 67.8 Å². The molecule has 2 fully saturated rings. The number of carbonyl (C=O) groups is 3. The third kappa shape index (κ3) is 4.52. The van der Waals surface area contributed by atoms with Gasteiger partial charge >= 0.3 is 17.9 Å². The van der Waals surface area contributed by atoms with Crippen LogP contribution >= 0.6 is 0 Å². The standard InChI is InChI=1S/C21H26O7/c1-12(22)26-18-11-17(28-21(18)27-13(2)23)19(14-7-3-4-8-14)15-9-5-6-10-16(15)20(24)25/h5-6,9-10,14,17-19,21H,3-4,7-8,11H2,1-2H3,(H,24,25)/t17-,18+,19?,21?/m0/s1. The van der Waals surface area contributed by atoms with Crippen molar-refractivity contribution in [1.82, 2.24) is 0 Å². The summed E-state index contributed by atoms with van der Waals surface area (Å²) in [6, 6.07) is 6.96. The summed E-state index contributed by atoms with van der Waals surface area (Å²) in [6.07, 6.45) is 2.40. The molecule has 2 aliphatic rings. The van der Waals surface area contributed by atoms with Crippen LogP contribution in [0.2, 0.25) is 0 Å². The Bertz CT molecular complexity index is 714. The minimum atomic E-state index is -0.982. The molecule has 1 aromatic carbocycles. The molecule has 1 saturated carbocycles. The minimum absolute atomic E-state index is 0.173. The van der Waals surface area contributed by atoms with Crippen molar-refractivity contribution in [1.29, 1.82) is 0 Å². The maximum atomic E-state index is 11.8. The van der Waals surface area contributed by atoms with E-state index in [1.165, 1.54) is 13.8 Å². The van der Waals surface area contributed by atoms with Gasteiger partial charge < -0.3 is 19.3 Å². The first kappa shape index (κ1) is 20.3. The van der Waals surface area contributed by atoms with Gasteiger partial charge in [-0.2, -0.15) is 0 Å².